The highest BCUT2D eigenvalue weighted by molar-refractivity contribution is 5.10. The van der Waals surface area contributed by atoms with E-state index < -0.39 is 0 Å². The standard InChI is InChI=1S/C19H33NO/c1-5-11-20-15-19(13-16-8-12-21-14-16)9-6-17(7-10-19)18(2,3)4/h8,12,14,17,20H,5-7,9-11,13,15H2,1-4H3. The molecule has 0 amide bonds. The Morgan fingerprint density at radius 3 is 2.52 bits per heavy atom. The van der Waals surface area contributed by atoms with Gasteiger partial charge in [-0.2, -0.15) is 0 Å². The molecule has 0 aromatic carbocycles. The minimum absolute atomic E-state index is 0.431. The fourth-order valence-electron chi connectivity index (χ4n) is 3.87. The smallest absolute Gasteiger partial charge is 0.0934 e. The average Bonchev–Trinajstić information content (AvgIpc) is 2.91. The van der Waals surface area contributed by atoms with Crippen LogP contribution >= 0.6 is 0 Å². The van der Waals surface area contributed by atoms with E-state index in [0.717, 1.165) is 25.4 Å². The van der Waals surface area contributed by atoms with Crippen LogP contribution in [0.3, 0.4) is 0 Å². The molecule has 2 heteroatoms. The molecule has 0 atom stereocenters. The van der Waals surface area contributed by atoms with E-state index in [1.807, 2.05) is 12.5 Å². The van der Waals surface area contributed by atoms with Crippen LogP contribution < -0.4 is 5.32 Å². The van der Waals surface area contributed by atoms with Crippen LogP contribution in [-0.4, -0.2) is 13.1 Å². The van der Waals surface area contributed by atoms with Crippen molar-refractivity contribution in [2.45, 2.75) is 66.2 Å². The summed E-state index contributed by atoms with van der Waals surface area (Å²) in [5.41, 5.74) is 2.25. The lowest BCUT2D eigenvalue weighted by Gasteiger charge is -2.44. The summed E-state index contributed by atoms with van der Waals surface area (Å²) in [5, 5.41) is 3.68. The summed E-state index contributed by atoms with van der Waals surface area (Å²) in [6.07, 6.45) is 11.5. The van der Waals surface area contributed by atoms with Gasteiger partial charge in [0.05, 0.1) is 12.5 Å². The Morgan fingerprint density at radius 2 is 2.00 bits per heavy atom. The summed E-state index contributed by atoms with van der Waals surface area (Å²) < 4.78 is 5.28. The molecule has 0 unspecified atom stereocenters. The molecule has 120 valence electrons. The van der Waals surface area contributed by atoms with Gasteiger partial charge in [-0.15, -0.1) is 0 Å². The molecule has 1 N–H and O–H groups in total. The molecule has 0 saturated heterocycles. The van der Waals surface area contributed by atoms with E-state index in [-0.39, 0.29) is 0 Å². The molecule has 0 aliphatic heterocycles. The summed E-state index contributed by atoms with van der Waals surface area (Å²) in [5.74, 6) is 0.876. The highest BCUT2D eigenvalue weighted by Crippen LogP contribution is 2.46. The second-order valence-electron chi connectivity index (χ2n) is 8.13. The zero-order valence-electron chi connectivity index (χ0n) is 14.4. The van der Waals surface area contributed by atoms with Gasteiger partial charge in [0, 0.05) is 6.54 Å². The summed E-state index contributed by atoms with van der Waals surface area (Å²) in [4.78, 5) is 0. The topological polar surface area (TPSA) is 25.2 Å². The molecule has 1 aliphatic rings. The van der Waals surface area contributed by atoms with Crippen LogP contribution in [-0.2, 0) is 6.42 Å². The number of hydrogen-bond donors (Lipinski definition) is 1. The van der Waals surface area contributed by atoms with Crippen LogP contribution in [0.15, 0.2) is 23.0 Å². The van der Waals surface area contributed by atoms with Crippen molar-refractivity contribution in [3.63, 3.8) is 0 Å². The van der Waals surface area contributed by atoms with Gasteiger partial charge in [-0.1, -0.05) is 27.7 Å². The number of rotatable bonds is 6. The fourth-order valence-corrected chi connectivity index (χ4v) is 3.87. The van der Waals surface area contributed by atoms with E-state index in [9.17, 15) is 0 Å². The van der Waals surface area contributed by atoms with Gasteiger partial charge in [0.1, 0.15) is 0 Å². The van der Waals surface area contributed by atoms with Crippen LogP contribution in [0.1, 0.15) is 65.4 Å². The Labute approximate surface area is 130 Å². The molecular formula is C19H33NO. The summed E-state index contributed by atoms with van der Waals surface area (Å²) >= 11 is 0. The Kier molecular flexibility index (Phi) is 5.54. The van der Waals surface area contributed by atoms with Gasteiger partial charge in [0.25, 0.3) is 0 Å². The molecule has 21 heavy (non-hydrogen) atoms. The van der Waals surface area contributed by atoms with Gasteiger partial charge in [0.2, 0.25) is 0 Å². The van der Waals surface area contributed by atoms with Gasteiger partial charge in [0.15, 0.2) is 0 Å². The van der Waals surface area contributed by atoms with E-state index in [1.165, 1.54) is 37.7 Å². The number of furan rings is 1. The van der Waals surface area contributed by atoms with Crippen molar-refractivity contribution < 1.29 is 4.42 Å². The predicted octanol–water partition coefficient (Wildman–Crippen LogP) is 5.04. The van der Waals surface area contributed by atoms with Crippen molar-refractivity contribution in [2.24, 2.45) is 16.7 Å². The van der Waals surface area contributed by atoms with Crippen molar-refractivity contribution >= 4 is 0 Å². The maximum Gasteiger partial charge on any atom is 0.0934 e. The zero-order valence-corrected chi connectivity index (χ0v) is 14.4. The van der Waals surface area contributed by atoms with Crippen molar-refractivity contribution in [2.75, 3.05) is 13.1 Å². The lowest BCUT2D eigenvalue weighted by Crippen LogP contribution is -2.41. The third-order valence-electron chi connectivity index (χ3n) is 5.36. The van der Waals surface area contributed by atoms with Crippen molar-refractivity contribution in [3.8, 4) is 0 Å². The van der Waals surface area contributed by atoms with E-state index in [4.69, 9.17) is 4.42 Å². The molecule has 2 nitrogen and oxygen atoms in total. The minimum Gasteiger partial charge on any atom is -0.472 e. The van der Waals surface area contributed by atoms with E-state index in [1.54, 1.807) is 0 Å². The molecule has 1 fully saturated rings. The predicted molar refractivity (Wildman–Crippen MR) is 89.4 cm³/mol. The minimum atomic E-state index is 0.431. The molecule has 1 saturated carbocycles. The first-order valence-electron chi connectivity index (χ1n) is 8.67. The van der Waals surface area contributed by atoms with Crippen LogP contribution in [0.4, 0.5) is 0 Å². The molecule has 0 bridgehead atoms. The second kappa shape index (κ2) is 7.00. The van der Waals surface area contributed by atoms with Gasteiger partial charge in [-0.3, -0.25) is 0 Å². The third-order valence-corrected chi connectivity index (χ3v) is 5.36. The molecule has 1 aromatic heterocycles. The first-order chi connectivity index (χ1) is 9.95. The van der Waals surface area contributed by atoms with Crippen molar-refractivity contribution in [3.05, 3.63) is 24.2 Å². The fraction of sp³-hybridized carbons (Fsp3) is 0.789. The molecule has 0 spiro atoms. The van der Waals surface area contributed by atoms with E-state index >= 15 is 0 Å². The summed E-state index contributed by atoms with van der Waals surface area (Å²) in [6.45, 7) is 11.7. The lowest BCUT2D eigenvalue weighted by atomic mass is 9.62. The van der Waals surface area contributed by atoms with Gasteiger partial charge in [-0.05, 0) is 73.4 Å². The SMILES string of the molecule is CCCNCC1(Cc2ccoc2)CCC(C(C)(C)C)CC1. The van der Waals surface area contributed by atoms with Gasteiger partial charge >= 0.3 is 0 Å². The van der Waals surface area contributed by atoms with Crippen molar-refractivity contribution in [1.82, 2.24) is 5.32 Å². The zero-order chi connectivity index (χ0) is 15.3. The summed E-state index contributed by atoms with van der Waals surface area (Å²) in [6, 6.07) is 2.14. The molecule has 2 rings (SSSR count). The van der Waals surface area contributed by atoms with Crippen LogP contribution in [0.5, 0.6) is 0 Å². The molecule has 1 aliphatic carbocycles. The van der Waals surface area contributed by atoms with Crippen molar-refractivity contribution in [1.29, 1.82) is 0 Å². The Bertz CT molecular complexity index is 394. The largest absolute Gasteiger partial charge is 0.472 e. The lowest BCUT2D eigenvalue weighted by molar-refractivity contribution is 0.0862. The molecule has 1 heterocycles. The Hall–Kier alpha value is -0.760. The maximum absolute atomic E-state index is 5.28. The first kappa shape index (κ1) is 16.6. The highest BCUT2D eigenvalue weighted by atomic mass is 16.3. The van der Waals surface area contributed by atoms with Crippen LogP contribution in [0.2, 0.25) is 0 Å². The highest BCUT2D eigenvalue weighted by Gasteiger charge is 2.38. The average molecular weight is 291 g/mol. The monoisotopic (exact) mass is 291 g/mol. The normalized spacial score (nSPS) is 27.0. The molecular weight excluding hydrogens is 258 g/mol. The number of hydrogen-bond acceptors (Lipinski definition) is 2. The molecule has 1 aromatic rings. The Morgan fingerprint density at radius 1 is 1.29 bits per heavy atom. The quantitative estimate of drug-likeness (QED) is 0.742. The second-order valence-corrected chi connectivity index (χ2v) is 8.13. The maximum atomic E-state index is 5.28. The Balaban J connectivity index is 2.00. The van der Waals surface area contributed by atoms with Gasteiger partial charge < -0.3 is 9.73 Å². The third kappa shape index (κ3) is 4.60. The van der Waals surface area contributed by atoms with Gasteiger partial charge in [-0.25, -0.2) is 0 Å². The van der Waals surface area contributed by atoms with E-state index in [2.05, 4.69) is 39.1 Å². The van der Waals surface area contributed by atoms with Crippen LogP contribution in [0.25, 0.3) is 0 Å². The first-order valence-corrected chi connectivity index (χ1v) is 8.67. The number of nitrogens with one attached hydrogen (secondary N) is 1. The molecule has 0 radical (unpaired) electrons. The van der Waals surface area contributed by atoms with Crippen LogP contribution in [0, 0.1) is 16.7 Å². The summed E-state index contributed by atoms with van der Waals surface area (Å²) in [7, 11) is 0. The van der Waals surface area contributed by atoms with E-state index in [0.29, 0.717) is 10.8 Å².